The average Bonchev–Trinajstić information content (AvgIpc) is 3.16. The van der Waals surface area contributed by atoms with E-state index < -0.39 is 0 Å². The molecule has 3 aromatic heterocycles. The Morgan fingerprint density at radius 2 is 1.79 bits per heavy atom. The maximum absolute atomic E-state index is 12.9. The monoisotopic (exact) mass is 343 g/mol. The smallest absolute Gasteiger partial charge is 0.265 e. The van der Waals surface area contributed by atoms with Gasteiger partial charge in [0, 0.05) is 44.3 Å². The second-order valence-corrected chi connectivity index (χ2v) is 6.69. The Morgan fingerprint density at radius 1 is 1.08 bits per heavy atom. The van der Waals surface area contributed by atoms with Crippen molar-refractivity contribution >= 4 is 28.2 Å². The summed E-state index contributed by atoms with van der Waals surface area (Å²) < 4.78 is 1.94. The van der Waals surface area contributed by atoms with Crippen LogP contribution in [0.2, 0.25) is 0 Å². The molecule has 8 nitrogen and oxygen atoms in total. The molecule has 0 aliphatic carbocycles. The van der Waals surface area contributed by atoms with E-state index >= 15 is 0 Å². The summed E-state index contributed by atoms with van der Waals surface area (Å²) in [6.45, 7) is 6.63. The third kappa shape index (κ3) is 2.41. The first kappa shape index (κ1) is 15.0. The van der Waals surface area contributed by atoms with Gasteiger partial charge in [0.1, 0.15) is 10.7 Å². The predicted molar refractivity (Wildman–Crippen MR) is 90.5 cm³/mol. The Bertz CT molecular complexity index is 880. The summed E-state index contributed by atoms with van der Waals surface area (Å²) in [5, 5.41) is 8.17. The zero-order valence-electron chi connectivity index (χ0n) is 13.5. The normalized spacial score (nSPS) is 15.2. The molecule has 1 fully saturated rings. The number of anilines is 1. The molecule has 0 bridgehead atoms. The Hall–Kier alpha value is -2.55. The van der Waals surface area contributed by atoms with Gasteiger partial charge >= 0.3 is 0 Å². The van der Waals surface area contributed by atoms with Crippen LogP contribution in [0.25, 0.3) is 4.96 Å². The number of thiazole rings is 1. The van der Waals surface area contributed by atoms with Crippen LogP contribution in [0, 0.1) is 13.8 Å². The lowest BCUT2D eigenvalue weighted by Gasteiger charge is -2.34. The highest BCUT2D eigenvalue weighted by Gasteiger charge is 2.27. The highest BCUT2D eigenvalue weighted by molar-refractivity contribution is 7.19. The van der Waals surface area contributed by atoms with Crippen molar-refractivity contribution in [2.75, 3.05) is 31.1 Å². The van der Waals surface area contributed by atoms with E-state index in [1.54, 1.807) is 18.5 Å². The van der Waals surface area contributed by atoms with Gasteiger partial charge < -0.3 is 9.80 Å². The number of aromatic nitrogens is 5. The Morgan fingerprint density at radius 3 is 2.46 bits per heavy atom. The summed E-state index contributed by atoms with van der Waals surface area (Å²) in [6, 6.07) is 1.80. The van der Waals surface area contributed by atoms with Crippen LogP contribution in [0.5, 0.6) is 0 Å². The molecule has 0 aromatic carbocycles. The molecule has 0 N–H and O–H groups in total. The second-order valence-electron chi connectivity index (χ2n) is 5.71. The van der Waals surface area contributed by atoms with Gasteiger partial charge in [0.25, 0.3) is 5.91 Å². The van der Waals surface area contributed by atoms with Gasteiger partial charge in [0.05, 0.1) is 0 Å². The summed E-state index contributed by atoms with van der Waals surface area (Å²) in [5.41, 5.74) is 0.913. The topological polar surface area (TPSA) is 79.5 Å². The van der Waals surface area contributed by atoms with Gasteiger partial charge in [0.15, 0.2) is 0 Å². The summed E-state index contributed by atoms with van der Waals surface area (Å²) in [4.78, 5) is 26.9. The summed E-state index contributed by atoms with van der Waals surface area (Å²) in [5.74, 6) is 1.59. The SMILES string of the molecule is Cc1nnc2sc(C(=O)N3CCN(c4ncccn4)CC3)c(C)n12. The fourth-order valence-electron chi connectivity index (χ4n) is 2.97. The minimum absolute atomic E-state index is 0.0658. The Labute approximate surface area is 142 Å². The Kier molecular flexibility index (Phi) is 3.64. The number of amides is 1. The van der Waals surface area contributed by atoms with E-state index in [0.717, 1.165) is 40.4 Å². The van der Waals surface area contributed by atoms with Gasteiger partial charge in [-0.05, 0) is 19.9 Å². The third-order valence-corrected chi connectivity index (χ3v) is 5.37. The molecule has 0 unspecified atom stereocenters. The zero-order valence-corrected chi connectivity index (χ0v) is 14.3. The minimum Gasteiger partial charge on any atom is -0.337 e. The third-order valence-electron chi connectivity index (χ3n) is 4.25. The van der Waals surface area contributed by atoms with E-state index in [4.69, 9.17) is 0 Å². The first-order chi connectivity index (χ1) is 11.6. The standard InChI is InChI=1S/C15H17N7OS/c1-10-12(24-15-19-18-11(2)22(10)15)13(23)20-6-8-21(9-7-20)14-16-4-3-5-17-14/h3-5H,6-9H2,1-2H3. The zero-order chi connectivity index (χ0) is 16.7. The summed E-state index contributed by atoms with van der Waals surface area (Å²) in [7, 11) is 0. The van der Waals surface area contributed by atoms with Gasteiger partial charge in [0.2, 0.25) is 10.9 Å². The van der Waals surface area contributed by atoms with Crippen molar-refractivity contribution in [3.05, 3.63) is 34.9 Å². The number of fused-ring (bicyclic) bond motifs is 1. The average molecular weight is 343 g/mol. The lowest BCUT2D eigenvalue weighted by Crippen LogP contribution is -2.49. The van der Waals surface area contributed by atoms with Gasteiger partial charge in [-0.15, -0.1) is 10.2 Å². The largest absolute Gasteiger partial charge is 0.337 e. The van der Waals surface area contributed by atoms with Crippen LogP contribution in [-0.2, 0) is 0 Å². The molecule has 4 rings (SSSR count). The summed E-state index contributed by atoms with van der Waals surface area (Å²) >= 11 is 1.40. The van der Waals surface area contributed by atoms with Gasteiger partial charge in [-0.2, -0.15) is 0 Å². The lowest BCUT2D eigenvalue weighted by atomic mass is 10.2. The second kappa shape index (κ2) is 5.82. The number of rotatable bonds is 2. The number of carbonyl (C=O) groups is 1. The predicted octanol–water partition coefficient (Wildman–Crippen LogP) is 1.16. The van der Waals surface area contributed by atoms with E-state index in [0.29, 0.717) is 13.1 Å². The van der Waals surface area contributed by atoms with Gasteiger partial charge in [-0.25, -0.2) is 9.97 Å². The molecule has 1 aliphatic heterocycles. The number of hydrogen-bond donors (Lipinski definition) is 0. The summed E-state index contributed by atoms with van der Waals surface area (Å²) in [6.07, 6.45) is 3.47. The number of carbonyl (C=O) groups excluding carboxylic acids is 1. The number of aryl methyl sites for hydroxylation is 2. The van der Waals surface area contributed by atoms with Crippen LogP contribution in [0.1, 0.15) is 21.2 Å². The van der Waals surface area contributed by atoms with Crippen molar-refractivity contribution in [3.63, 3.8) is 0 Å². The first-order valence-corrected chi connectivity index (χ1v) is 8.59. The molecule has 0 spiro atoms. The van der Waals surface area contributed by atoms with E-state index in [-0.39, 0.29) is 5.91 Å². The molecular formula is C15H17N7OS. The highest BCUT2D eigenvalue weighted by Crippen LogP contribution is 2.24. The molecule has 1 saturated heterocycles. The number of hydrogen-bond acceptors (Lipinski definition) is 7. The molecule has 124 valence electrons. The van der Waals surface area contributed by atoms with Crippen molar-refractivity contribution in [2.24, 2.45) is 0 Å². The van der Waals surface area contributed by atoms with Gasteiger partial charge in [-0.1, -0.05) is 11.3 Å². The van der Waals surface area contributed by atoms with Crippen LogP contribution >= 0.6 is 11.3 Å². The van der Waals surface area contributed by atoms with Crippen molar-refractivity contribution < 1.29 is 4.79 Å². The van der Waals surface area contributed by atoms with Crippen LogP contribution in [0.4, 0.5) is 5.95 Å². The van der Waals surface area contributed by atoms with E-state index in [9.17, 15) is 4.79 Å². The van der Waals surface area contributed by atoms with E-state index in [1.807, 2.05) is 23.1 Å². The van der Waals surface area contributed by atoms with Crippen molar-refractivity contribution in [1.82, 2.24) is 29.5 Å². The number of nitrogens with zero attached hydrogens (tertiary/aromatic N) is 7. The number of piperazine rings is 1. The maximum Gasteiger partial charge on any atom is 0.265 e. The van der Waals surface area contributed by atoms with E-state index in [2.05, 4.69) is 25.1 Å². The molecule has 0 radical (unpaired) electrons. The van der Waals surface area contributed by atoms with Crippen LogP contribution in [-0.4, -0.2) is 61.6 Å². The fourth-order valence-corrected chi connectivity index (χ4v) is 4.05. The molecule has 0 atom stereocenters. The molecular weight excluding hydrogens is 326 g/mol. The molecule has 24 heavy (non-hydrogen) atoms. The molecule has 0 saturated carbocycles. The first-order valence-electron chi connectivity index (χ1n) is 7.77. The van der Waals surface area contributed by atoms with Crippen LogP contribution in [0.3, 0.4) is 0 Å². The Balaban J connectivity index is 1.50. The highest BCUT2D eigenvalue weighted by atomic mass is 32.1. The molecule has 9 heteroatoms. The fraction of sp³-hybridized carbons (Fsp3) is 0.400. The quantitative estimate of drug-likeness (QED) is 0.695. The molecule has 1 aliphatic rings. The molecule has 4 heterocycles. The van der Waals surface area contributed by atoms with Crippen LogP contribution in [0.15, 0.2) is 18.5 Å². The molecule has 3 aromatic rings. The lowest BCUT2D eigenvalue weighted by molar-refractivity contribution is 0.0750. The van der Waals surface area contributed by atoms with Crippen molar-refractivity contribution in [1.29, 1.82) is 0 Å². The molecule has 1 amide bonds. The minimum atomic E-state index is 0.0658. The maximum atomic E-state index is 12.9. The van der Waals surface area contributed by atoms with Gasteiger partial charge in [-0.3, -0.25) is 9.20 Å². The van der Waals surface area contributed by atoms with Crippen molar-refractivity contribution in [3.8, 4) is 0 Å². The van der Waals surface area contributed by atoms with Crippen molar-refractivity contribution in [2.45, 2.75) is 13.8 Å². The van der Waals surface area contributed by atoms with Crippen LogP contribution < -0.4 is 4.90 Å². The van der Waals surface area contributed by atoms with E-state index in [1.165, 1.54) is 11.3 Å².